The molecule has 242 valence electrons. The summed E-state index contributed by atoms with van der Waals surface area (Å²) in [5.41, 5.74) is 4.74. The molecule has 3 saturated carbocycles. The van der Waals surface area contributed by atoms with Gasteiger partial charge in [0.2, 0.25) is 17.6 Å². The number of ether oxygens (including phenoxy) is 1. The Hall–Kier alpha value is -2.69. The van der Waals surface area contributed by atoms with Crippen LogP contribution in [0.1, 0.15) is 92.4 Å². The molecule has 0 radical (unpaired) electrons. The Balaban J connectivity index is 1.58. The molecular weight excluding hydrogens is 550 g/mol. The van der Waals surface area contributed by atoms with Crippen LogP contribution in [0, 0.1) is 34.5 Å². The first kappa shape index (κ1) is 33.2. The molecule has 0 aromatic carbocycles. The van der Waals surface area contributed by atoms with Crippen LogP contribution in [0.3, 0.4) is 0 Å². The van der Waals surface area contributed by atoms with Crippen molar-refractivity contribution in [1.29, 1.82) is 0 Å². The van der Waals surface area contributed by atoms with Gasteiger partial charge in [-0.15, -0.1) is 0 Å². The van der Waals surface area contributed by atoms with Crippen molar-refractivity contribution in [3.63, 3.8) is 0 Å². The summed E-state index contributed by atoms with van der Waals surface area (Å²) in [5.74, 6) is -2.13. The molecule has 11 nitrogen and oxygen atoms in total. The molecule has 1 aliphatic heterocycles. The summed E-state index contributed by atoms with van der Waals surface area (Å²) >= 11 is 0. The monoisotopic (exact) mass is 603 g/mol. The van der Waals surface area contributed by atoms with Gasteiger partial charge in [0.05, 0.1) is 18.7 Å². The number of piperidine rings is 1. The lowest BCUT2D eigenvalue weighted by Crippen LogP contribution is -2.63. The van der Waals surface area contributed by atoms with Crippen molar-refractivity contribution in [2.75, 3.05) is 20.3 Å². The van der Waals surface area contributed by atoms with Gasteiger partial charge in [0.25, 0.3) is 5.91 Å². The summed E-state index contributed by atoms with van der Waals surface area (Å²) in [5, 5.41) is 8.86. The lowest BCUT2D eigenvalue weighted by molar-refractivity contribution is -0.146. The van der Waals surface area contributed by atoms with E-state index < -0.39 is 47.2 Å². The van der Waals surface area contributed by atoms with Crippen LogP contribution in [0.5, 0.6) is 0 Å². The predicted molar refractivity (Wildman–Crippen MR) is 162 cm³/mol. The number of nitrogens with zero attached hydrogens (tertiary/aromatic N) is 1. The molecule has 11 heteroatoms. The number of hydrogen-bond donors (Lipinski definition) is 4. The van der Waals surface area contributed by atoms with Crippen LogP contribution in [-0.2, 0) is 23.9 Å². The molecule has 5 N–H and O–H groups in total. The highest BCUT2D eigenvalue weighted by Crippen LogP contribution is 2.65. The standard InChI is InChI=1S/C32H53N5O6/c1-18(2)22(17-43-6)35-30(42)36-26(32(5)13-8-7-9-14-32)29(41)37-16-20-23(31(20,3)4)24(37)28(40)34-21(25(38)27(33)39)15-19-11-10-12-19/h18-24,26H,7-17H2,1-6H3,(H2,33,39)(H,34,40)(H2,35,36,42)/t20-,21?,22-,23-,24-,26+/m0/s1. The van der Waals surface area contributed by atoms with Crippen LogP contribution in [0.2, 0.25) is 0 Å². The number of rotatable bonds is 13. The van der Waals surface area contributed by atoms with Crippen molar-refractivity contribution in [3.8, 4) is 0 Å². The van der Waals surface area contributed by atoms with Gasteiger partial charge in [-0.05, 0) is 53.8 Å². The average molecular weight is 604 g/mol. The van der Waals surface area contributed by atoms with Crippen molar-refractivity contribution in [2.45, 2.75) is 117 Å². The molecular formula is C32H53N5O6. The molecule has 1 heterocycles. The largest absolute Gasteiger partial charge is 0.383 e. The first-order valence-electron chi connectivity index (χ1n) is 16.2. The van der Waals surface area contributed by atoms with E-state index in [2.05, 4.69) is 36.7 Å². The average Bonchev–Trinajstić information content (AvgIpc) is 3.24. The Morgan fingerprint density at radius 3 is 2.14 bits per heavy atom. The SMILES string of the molecule is COC[C@H](NC(=O)N[C@H](C(=O)N1C[C@H]2[C@@H]([C@H]1C(=O)NC(CC1CCC1)C(=O)C(N)=O)C2(C)C)C1(C)CCCCC1)C(C)C. The molecule has 0 aromatic rings. The number of hydrogen-bond acceptors (Lipinski definition) is 6. The lowest BCUT2D eigenvalue weighted by Gasteiger charge is -2.43. The van der Waals surface area contributed by atoms with Gasteiger partial charge in [0, 0.05) is 13.7 Å². The van der Waals surface area contributed by atoms with Crippen LogP contribution in [-0.4, -0.2) is 78.9 Å². The van der Waals surface area contributed by atoms with E-state index in [0.29, 0.717) is 19.6 Å². The Bertz CT molecular complexity index is 1080. The predicted octanol–water partition coefficient (Wildman–Crippen LogP) is 2.51. The number of nitrogens with one attached hydrogen (secondary N) is 3. The van der Waals surface area contributed by atoms with Crippen LogP contribution < -0.4 is 21.7 Å². The summed E-state index contributed by atoms with van der Waals surface area (Å²) in [6.45, 7) is 11.0. The van der Waals surface area contributed by atoms with Crippen molar-refractivity contribution in [3.05, 3.63) is 0 Å². The van der Waals surface area contributed by atoms with Crippen LogP contribution in [0.25, 0.3) is 0 Å². The maximum atomic E-state index is 14.5. The third kappa shape index (κ3) is 7.02. The number of carbonyl (C=O) groups is 5. The molecule has 4 rings (SSSR count). The number of urea groups is 1. The fraction of sp³-hybridized carbons (Fsp3) is 0.844. The number of nitrogens with two attached hydrogens (primary N) is 1. The zero-order valence-electron chi connectivity index (χ0n) is 26.9. The van der Waals surface area contributed by atoms with Crippen molar-refractivity contribution in [1.82, 2.24) is 20.9 Å². The van der Waals surface area contributed by atoms with Gasteiger partial charge >= 0.3 is 6.03 Å². The zero-order valence-corrected chi connectivity index (χ0v) is 26.9. The van der Waals surface area contributed by atoms with Gasteiger partial charge in [0.1, 0.15) is 12.1 Å². The van der Waals surface area contributed by atoms with Crippen molar-refractivity contribution < 1.29 is 28.7 Å². The maximum Gasteiger partial charge on any atom is 0.315 e. The second kappa shape index (κ2) is 13.1. The minimum atomic E-state index is -1.07. The molecule has 4 aliphatic rings. The van der Waals surface area contributed by atoms with Crippen molar-refractivity contribution in [2.24, 2.45) is 40.2 Å². The Morgan fingerprint density at radius 1 is 0.953 bits per heavy atom. The van der Waals surface area contributed by atoms with Gasteiger partial charge in [-0.1, -0.05) is 73.1 Å². The molecule has 3 aliphatic carbocycles. The number of likely N-dealkylation sites (tertiary alicyclic amines) is 1. The third-order valence-corrected chi connectivity index (χ3v) is 11.1. The Labute approximate surface area is 256 Å². The maximum absolute atomic E-state index is 14.5. The minimum Gasteiger partial charge on any atom is -0.383 e. The van der Waals surface area contributed by atoms with E-state index in [-0.39, 0.29) is 41.0 Å². The van der Waals surface area contributed by atoms with E-state index in [4.69, 9.17) is 10.5 Å². The van der Waals surface area contributed by atoms with Crippen molar-refractivity contribution >= 4 is 29.5 Å². The number of amides is 5. The minimum absolute atomic E-state index is 0.0786. The second-order valence-corrected chi connectivity index (χ2v) is 14.8. The summed E-state index contributed by atoms with van der Waals surface area (Å²) in [6.07, 6.45) is 7.89. The molecule has 1 unspecified atom stereocenters. The first-order chi connectivity index (χ1) is 20.2. The van der Waals surface area contributed by atoms with E-state index in [0.717, 1.165) is 51.4 Å². The number of Topliss-reactive ketones (excluding diaryl/α,β-unsaturated/α-hetero) is 1. The number of carbonyl (C=O) groups excluding carboxylic acids is 5. The summed E-state index contributed by atoms with van der Waals surface area (Å²) in [7, 11) is 1.59. The first-order valence-corrected chi connectivity index (χ1v) is 16.2. The number of primary amides is 1. The zero-order chi connectivity index (χ0) is 31.7. The van der Waals surface area contributed by atoms with Gasteiger partial charge in [0.15, 0.2) is 0 Å². The lowest BCUT2D eigenvalue weighted by atomic mass is 9.70. The molecule has 5 amide bonds. The fourth-order valence-corrected chi connectivity index (χ4v) is 7.80. The summed E-state index contributed by atoms with van der Waals surface area (Å²) in [4.78, 5) is 68.1. The number of methoxy groups -OCH3 is 1. The van der Waals surface area contributed by atoms with E-state index in [1.165, 1.54) is 0 Å². The molecule has 0 spiro atoms. The highest BCUT2D eigenvalue weighted by Gasteiger charge is 2.70. The second-order valence-electron chi connectivity index (χ2n) is 14.8. The molecule has 0 aromatic heterocycles. The van der Waals surface area contributed by atoms with Crippen LogP contribution >= 0.6 is 0 Å². The highest BCUT2D eigenvalue weighted by molar-refractivity contribution is 6.37. The van der Waals surface area contributed by atoms with Gasteiger partial charge < -0.3 is 31.3 Å². The Kier molecular flexibility index (Phi) is 10.1. The number of ketones is 1. The summed E-state index contributed by atoms with van der Waals surface area (Å²) < 4.78 is 5.30. The number of fused-ring (bicyclic) bond motifs is 1. The van der Waals surface area contributed by atoms with E-state index in [1.807, 2.05) is 13.8 Å². The fourth-order valence-electron chi connectivity index (χ4n) is 7.80. The molecule has 6 atom stereocenters. The quantitative estimate of drug-likeness (QED) is 0.237. The molecule has 4 fully saturated rings. The van der Waals surface area contributed by atoms with Crippen LogP contribution in [0.4, 0.5) is 4.79 Å². The molecule has 0 bridgehead atoms. The molecule has 43 heavy (non-hydrogen) atoms. The third-order valence-electron chi connectivity index (χ3n) is 11.1. The molecule has 1 saturated heterocycles. The smallest absolute Gasteiger partial charge is 0.315 e. The van der Waals surface area contributed by atoms with Gasteiger partial charge in [-0.25, -0.2) is 4.79 Å². The van der Waals surface area contributed by atoms with Gasteiger partial charge in [-0.3, -0.25) is 19.2 Å². The van der Waals surface area contributed by atoms with E-state index in [9.17, 15) is 24.0 Å². The van der Waals surface area contributed by atoms with Crippen LogP contribution in [0.15, 0.2) is 0 Å². The summed E-state index contributed by atoms with van der Waals surface area (Å²) in [6, 6.07) is -3.28. The van der Waals surface area contributed by atoms with E-state index >= 15 is 0 Å². The Morgan fingerprint density at radius 2 is 1.60 bits per heavy atom. The topological polar surface area (TPSA) is 160 Å². The van der Waals surface area contributed by atoms with Gasteiger partial charge in [-0.2, -0.15) is 0 Å². The normalized spacial score (nSPS) is 27.7. The van der Waals surface area contributed by atoms with E-state index in [1.54, 1.807) is 12.0 Å². The highest BCUT2D eigenvalue weighted by atomic mass is 16.5.